The van der Waals surface area contributed by atoms with Crippen molar-refractivity contribution in [2.75, 3.05) is 19.0 Å². The van der Waals surface area contributed by atoms with E-state index in [-0.39, 0.29) is 24.7 Å². The smallest absolute Gasteiger partial charge is 0.226 e. The molecule has 3 rings (SSSR count). The van der Waals surface area contributed by atoms with Crippen molar-refractivity contribution in [1.82, 2.24) is 10.5 Å². The van der Waals surface area contributed by atoms with Crippen LogP contribution in [0.15, 0.2) is 47.0 Å². The van der Waals surface area contributed by atoms with Crippen molar-refractivity contribution >= 4 is 22.6 Å². The first-order valence-electron chi connectivity index (χ1n) is 7.60. The van der Waals surface area contributed by atoms with Gasteiger partial charge in [0.25, 0.3) is 0 Å². The van der Waals surface area contributed by atoms with Crippen molar-refractivity contribution in [3.8, 4) is 0 Å². The van der Waals surface area contributed by atoms with Crippen LogP contribution in [0.2, 0.25) is 0 Å². The number of carbonyl (C=O) groups is 1. The molecule has 0 aliphatic heterocycles. The Balaban J connectivity index is 1.62. The number of halogens is 1. The Morgan fingerprint density at radius 3 is 2.79 bits per heavy atom. The van der Waals surface area contributed by atoms with Crippen LogP contribution in [0.5, 0.6) is 0 Å². The summed E-state index contributed by atoms with van der Waals surface area (Å²) >= 11 is 0. The van der Waals surface area contributed by atoms with Crippen molar-refractivity contribution in [1.29, 1.82) is 0 Å². The van der Waals surface area contributed by atoms with Crippen molar-refractivity contribution in [3.63, 3.8) is 0 Å². The van der Waals surface area contributed by atoms with Crippen LogP contribution in [-0.2, 0) is 17.8 Å². The van der Waals surface area contributed by atoms with Gasteiger partial charge >= 0.3 is 0 Å². The molecule has 0 fully saturated rings. The summed E-state index contributed by atoms with van der Waals surface area (Å²) < 4.78 is 19.1. The highest BCUT2D eigenvalue weighted by molar-refractivity contribution is 5.86. The fourth-order valence-electron chi connectivity index (χ4n) is 2.50. The lowest BCUT2D eigenvalue weighted by Gasteiger charge is -2.14. The van der Waals surface area contributed by atoms with Gasteiger partial charge in [0.1, 0.15) is 11.5 Å². The maximum absolute atomic E-state index is 13.9. The Labute approximate surface area is 139 Å². The summed E-state index contributed by atoms with van der Waals surface area (Å²) in [6.45, 7) is 0.263. The zero-order valence-corrected chi connectivity index (χ0v) is 13.5. The number of para-hydroxylation sites is 1. The van der Waals surface area contributed by atoms with Crippen LogP contribution in [0.1, 0.15) is 11.3 Å². The molecule has 0 unspecified atom stereocenters. The number of fused-ring (bicyclic) bond motifs is 1. The van der Waals surface area contributed by atoms with Gasteiger partial charge in [0.15, 0.2) is 5.58 Å². The molecule has 0 bridgehead atoms. The molecule has 1 N–H and O–H groups in total. The highest BCUT2D eigenvalue weighted by Crippen LogP contribution is 2.19. The molecular weight excluding hydrogens is 309 g/mol. The van der Waals surface area contributed by atoms with Gasteiger partial charge in [-0.05, 0) is 29.8 Å². The second kappa shape index (κ2) is 6.70. The van der Waals surface area contributed by atoms with E-state index >= 15 is 0 Å². The van der Waals surface area contributed by atoms with Crippen LogP contribution in [0, 0.1) is 5.82 Å². The van der Waals surface area contributed by atoms with Gasteiger partial charge in [0.05, 0.1) is 12.1 Å². The third-order valence-electron chi connectivity index (χ3n) is 3.76. The van der Waals surface area contributed by atoms with E-state index in [1.54, 1.807) is 37.2 Å². The number of nitrogens with zero attached hydrogens (tertiary/aromatic N) is 2. The van der Waals surface area contributed by atoms with Crippen LogP contribution < -0.4 is 10.2 Å². The van der Waals surface area contributed by atoms with E-state index in [0.29, 0.717) is 22.5 Å². The Hall–Kier alpha value is -2.89. The predicted octanol–water partition coefficient (Wildman–Crippen LogP) is 2.89. The normalized spacial score (nSPS) is 10.8. The molecule has 124 valence electrons. The van der Waals surface area contributed by atoms with Gasteiger partial charge in [0.2, 0.25) is 5.91 Å². The number of anilines is 1. The minimum Gasteiger partial charge on any atom is -0.375 e. The molecule has 1 heterocycles. The highest BCUT2D eigenvalue weighted by Gasteiger charge is 2.12. The van der Waals surface area contributed by atoms with Crippen LogP contribution in [0.25, 0.3) is 11.0 Å². The van der Waals surface area contributed by atoms with E-state index in [1.165, 1.54) is 6.07 Å². The third kappa shape index (κ3) is 3.37. The maximum Gasteiger partial charge on any atom is 0.226 e. The molecular formula is C18H18FN3O2. The number of rotatable bonds is 5. The van der Waals surface area contributed by atoms with E-state index in [1.807, 2.05) is 18.2 Å². The maximum atomic E-state index is 13.9. The standard InChI is InChI=1S/C18H18FN3O2/c1-22(2)16-8-7-12(9-14(16)19)11-20-18(23)10-15-13-5-3-4-6-17(13)24-21-15/h3-9H,10-11H2,1-2H3,(H,20,23). The quantitative estimate of drug-likeness (QED) is 0.783. The fourth-order valence-corrected chi connectivity index (χ4v) is 2.50. The molecule has 0 saturated heterocycles. The summed E-state index contributed by atoms with van der Waals surface area (Å²) in [6.07, 6.45) is 0.120. The van der Waals surface area contributed by atoms with Gasteiger partial charge < -0.3 is 14.7 Å². The Morgan fingerprint density at radius 1 is 1.25 bits per heavy atom. The van der Waals surface area contributed by atoms with E-state index < -0.39 is 0 Å². The molecule has 0 saturated carbocycles. The lowest BCUT2D eigenvalue weighted by atomic mass is 10.1. The first-order valence-corrected chi connectivity index (χ1v) is 7.60. The number of hydrogen-bond acceptors (Lipinski definition) is 4. The van der Waals surface area contributed by atoms with Crippen LogP contribution in [0.4, 0.5) is 10.1 Å². The molecule has 5 nitrogen and oxygen atoms in total. The number of aromatic nitrogens is 1. The largest absolute Gasteiger partial charge is 0.375 e. The molecule has 1 amide bonds. The average Bonchev–Trinajstić information content (AvgIpc) is 2.96. The first kappa shape index (κ1) is 16.0. The SMILES string of the molecule is CN(C)c1ccc(CNC(=O)Cc2noc3ccccc23)cc1F. The topological polar surface area (TPSA) is 58.4 Å². The highest BCUT2D eigenvalue weighted by atomic mass is 19.1. The number of benzene rings is 2. The van der Waals surface area contributed by atoms with Gasteiger partial charge in [-0.3, -0.25) is 4.79 Å². The number of nitrogens with one attached hydrogen (secondary N) is 1. The number of carbonyl (C=O) groups excluding carboxylic acids is 1. The zero-order valence-electron chi connectivity index (χ0n) is 13.5. The van der Waals surface area contributed by atoms with E-state index in [4.69, 9.17) is 4.52 Å². The molecule has 0 atom stereocenters. The van der Waals surface area contributed by atoms with Gasteiger partial charge in [0, 0.05) is 26.0 Å². The summed E-state index contributed by atoms with van der Waals surface area (Å²) in [6, 6.07) is 12.3. The second-order valence-corrected chi connectivity index (χ2v) is 5.76. The van der Waals surface area contributed by atoms with E-state index in [2.05, 4.69) is 10.5 Å². The molecule has 24 heavy (non-hydrogen) atoms. The van der Waals surface area contributed by atoms with E-state index in [9.17, 15) is 9.18 Å². The van der Waals surface area contributed by atoms with E-state index in [0.717, 1.165) is 5.39 Å². The molecule has 0 aliphatic rings. The van der Waals surface area contributed by atoms with Gasteiger partial charge in [-0.15, -0.1) is 0 Å². The van der Waals surface area contributed by atoms with Crippen molar-refractivity contribution in [2.24, 2.45) is 0 Å². The average molecular weight is 327 g/mol. The van der Waals surface area contributed by atoms with Crippen molar-refractivity contribution in [2.45, 2.75) is 13.0 Å². The molecule has 1 aromatic heterocycles. The Kier molecular flexibility index (Phi) is 4.46. The Morgan fingerprint density at radius 2 is 2.04 bits per heavy atom. The van der Waals surface area contributed by atoms with Crippen molar-refractivity contribution < 1.29 is 13.7 Å². The number of amides is 1. The molecule has 2 aromatic carbocycles. The number of hydrogen-bond donors (Lipinski definition) is 1. The molecule has 6 heteroatoms. The second-order valence-electron chi connectivity index (χ2n) is 5.76. The summed E-state index contributed by atoms with van der Waals surface area (Å²) in [7, 11) is 3.56. The van der Waals surface area contributed by atoms with Gasteiger partial charge in [-0.1, -0.05) is 23.4 Å². The predicted molar refractivity (Wildman–Crippen MR) is 90.3 cm³/mol. The first-order chi connectivity index (χ1) is 11.5. The van der Waals surface area contributed by atoms with Gasteiger partial charge in [-0.25, -0.2) is 4.39 Å². The lowest BCUT2D eigenvalue weighted by molar-refractivity contribution is -0.120. The summed E-state index contributed by atoms with van der Waals surface area (Å²) in [5.74, 6) is -0.500. The zero-order chi connectivity index (χ0) is 17.1. The Bertz CT molecular complexity index is 874. The molecule has 0 spiro atoms. The minimum absolute atomic E-state index is 0.120. The van der Waals surface area contributed by atoms with Crippen LogP contribution in [-0.4, -0.2) is 25.2 Å². The van der Waals surface area contributed by atoms with Crippen LogP contribution in [0.3, 0.4) is 0 Å². The minimum atomic E-state index is -0.311. The molecule has 0 aliphatic carbocycles. The third-order valence-corrected chi connectivity index (χ3v) is 3.76. The van der Waals surface area contributed by atoms with Gasteiger partial charge in [-0.2, -0.15) is 0 Å². The summed E-state index contributed by atoms with van der Waals surface area (Å²) in [4.78, 5) is 13.8. The van der Waals surface area contributed by atoms with Crippen molar-refractivity contribution in [3.05, 3.63) is 59.5 Å². The monoisotopic (exact) mass is 327 g/mol. The molecule has 3 aromatic rings. The lowest BCUT2D eigenvalue weighted by Crippen LogP contribution is -2.25. The summed E-state index contributed by atoms with van der Waals surface area (Å²) in [5.41, 5.74) is 2.47. The fraction of sp³-hybridized carbons (Fsp3) is 0.222. The summed E-state index contributed by atoms with van der Waals surface area (Å²) in [5, 5.41) is 7.54. The molecule has 0 radical (unpaired) electrons. The van der Waals surface area contributed by atoms with Crippen LogP contribution >= 0.6 is 0 Å².